The zero-order valence-electron chi connectivity index (χ0n) is 16.8. The van der Waals surface area contributed by atoms with Crippen LogP contribution < -0.4 is 15.4 Å². The van der Waals surface area contributed by atoms with E-state index in [1.165, 1.54) is 31.5 Å². The van der Waals surface area contributed by atoms with Gasteiger partial charge in [0.25, 0.3) is 0 Å². The Morgan fingerprint density at radius 3 is 2.50 bits per heavy atom. The van der Waals surface area contributed by atoms with Crippen molar-refractivity contribution in [2.75, 3.05) is 33.8 Å². The first-order chi connectivity index (χ1) is 12.0. The summed E-state index contributed by atoms with van der Waals surface area (Å²) in [6.45, 7) is 10.7. The van der Waals surface area contributed by atoms with Gasteiger partial charge in [0, 0.05) is 31.7 Å². The number of rotatable bonds is 7. The third-order valence-electron chi connectivity index (χ3n) is 4.97. The van der Waals surface area contributed by atoms with Crippen molar-refractivity contribution in [3.8, 4) is 5.75 Å². The second kappa shape index (κ2) is 11.6. The molecule has 148 valence electrons. The molecule has 6 heteroatoms. The van der Waals surface area contributed by atoms with Crippen LogP contribution >= 0.6 is 24.0 Å². The van der Waals surface area contributed by atoms with Gasteiger partial charge in [0.15, 0.2) is 5.96 Å². The quantitative estimate of drug-likeness (QED) is 0.362. The fourth-order valence-corrected chi connectivity index (χ4v) is 3.46. The van der Waals surface area contributed by atoms with Crippen molar-refractivity contribution in [2.45, 2.75) is 46.2 Å². The summed E-state index contributed by atoms with van der Waals surface area (Å²) in [5.74, 6) is 2.38. The molecule has 1 aliphatic heterocycles. The summed E-state index contributed by atoms with van der Waals surface area (Å²) >= 11 is 0. The lowest BCUT2D eigenvalue weighted by molar-refractivity contribution is 0.192. The highest BCUT2D eigenvalue weighted by molar-refractivity contribution is 14.0. The predicted octanol–water partition coefficient (Wildman–Crippen LogP) is 3.41. The standard InChI is InChI=1S/C20H34N4O.HI/c1-15(2)18(24-10-6-7-11-24)14-23-20(21-4)22-13-17-9-8-16(3)12-19(17)25-5;/h8-9,12,15,18H,6-7,10-11,13-14H2,1-5H3,(H2,21,22,23);1H. The second-order valence-corrected chi connectivity index (χ2v) is 7.18. The fraction of sp³-hybridized carbons (Fsp3) is 0.650. The van der Waals surface area contributed by atoms with Crippen molar-refractivity contribution < 1.29 is 4.74 Å². The lowest BCUT2D eigenvalue weighted by atomic mass is 10.0. The maximum absolute atomic E-state index is 5.48. The Morgan fingerprint density at radius 2 is 1.92 bits per heavy atom. The number of nitrogens with one attached hydrogen (secondary N) is 2. The molecule has 2 N–H and O–H groups in total. The molecular weight excluding hydrogens is 439 g/mol. The van der Waals surface area contributed by atoms with Crippen molar-refractivity contribution >= 4 is 29.9 Å². The van der Waals surface area contributed by atoms with Crippen LogP contribution in [0.2, 0.25) is 0 Å². The average molecular weight is 474 g/mol. The number of benzene rings is 1. The number of nitrogens with zero attached hydrogens (tertiary/aromatic N) is 2. The SMILES string of the molecule is CN=C(NCc1ccc(C)cc1OC)NCC(C(C)C)N1CCCC1.I. The summed E-state index contributed by atoms with van der Waals surface area (Å²) in [6.07, 6.45) is 2.65. The van der Waals surface area contributed by atoms with Gasteiger partial charge >= 0.3 is 0 Å². The van der Waals surface area contributed by atoms with Crippen LogP contribution in [0, 0.1) is 12.8 Å². The van der Waals surface area contributed by atoms with Crippen LogP contribution in [0.3, 0.4) is 0 Å². The first-order valence-electron chi connectivity index (χ1n) is 9.37. The summed E-state index contributed by atoms with van der Waals surface area (Å²) in [6, 6.07) is 6.83. The van der Waals surface area contributed by atoms with Crippen molar-refractivity contribution in [3.63, 3.8) is 0 Å². The molecule has 26 heavy (non-hydrogen) atoms. The van der Waals surface area contributed by atoms with Gasteiger partial charge in [-0.05, 0) is 50.4 Å². The predicted molar refractivity (Wildman–Crippen MR) is 121 cm³/mol. The Morgan fingerprint density at radius 1 is 1.23 bits per heavy atom. The molecule has 1 atom stereocenters. The number of guanidine groups is 1. The minimum atomic E-state index is 0. The summed E-state index contributed by atoms with van der Waals surface area (Å²) in [7, 11) is 3.54. The van der Waals surface area contributed by atoms with Gasteiger partial charge in [0.1, 0.15) is 5.75 Å². The van der Waals surface area contributed by atoms with E-state index in [-0.39, 0.29) is 24.0 Å². The molecule has 1 aliphatic rings. The van der Waals surface area contributed by atoms with E-state index in [0.29, 0.717) is 18.5 Å². The van der Waals surface area contributed by atoms with E-state index in [0.717, 1.165) is 23.8 Å². The van der Waals surface area contributed by atoms with E-state index in [1.807, 2.05) is 7.05 Å². The third kappa shape index (κ3) is 6.61. The molecule has 0 spiro atoms. The third-order valence-corrected chi connectivity index (χ3v) is 4.97. The Balaban J connectivity index is 0.00000338. The van der Waals surface area contributed by atoms with Crippen LogP contribution in [0.4, 0.5) is 0 Å². The van der Waals surface area contributed by atoms with Gasteiger partial charge in [-0.25, -0.2) is 0 Å². The summed E-state index contributed by atoms with van der Waals surface area (Å²) in [4.78, 5) is 6.97. The van der Waals surface area contributed by atoms with E-state index >= 15 is 0 Å². The number of aryl methyl sites for hydroxylation is 1. The Bertz CT molecular complexity index is 571. The van der Waals surface area contributed by atoms with Crippen molar-refractivity contribution in [1.29, 1.82) is 0 Å². The van der Waals surface area contributed by atoms with Gasteiger partial charge < -0.3 is 15.4 Å². The van der Waals surface area contributed by atoms with Crippen molar-refractivity contribution in [3.05, 3.63) is 29.3 Å². The van der Waals surface area contributed by atoms with Gasteiger partial charge in [0.05, 0.1) is 7.11 Å². The van der Waals surface area contributed by atoms with Gasteiger partial charge in [0.2, 0.25) is 0 Å². The van der Waals surface area contributed by atoms with Crippen molar-refractivity contribution in [2.24, 2.45) is 10.9 Å². The first kappa shape index (κ1) is 23.0. The molecule has 0 saturated carbocycles. The van der Waals surface area contributed by atoms with Crippen LogP contribution in [0.5, 0.6) is 5.75 Å². The Labute approximate surface area is 176 Å². The zero-order chi connectivity index (χ0) is 18.2. The number of halogens is 1. The smallest absolute Gasteiger partial charge is 0.191 e. The number of hydrogen-bond acceptors (Lipinski definition) is 3. The van der Waals surface area contributed by atoms with Crippen LogP contribution in [-0.4, -0.2) is 50.7 Å². The van der Waals surface area contributed by atoms with Crippen LogP contribution in [-0.2, 0) is 6.54 Å². The molecule has 0 aromatic heterocycles. The topological polar surface area (TPSA) is 48.9 Å². The van der Waals surface area contributed by atoms with Crippen LogP contribution in [0.15, 0.2) is 23.2 Å². The highest BCUT2D eigenvalue weighted by Crippen LogP contribution is 2.20. The molecule has 1 unspecified atom stereocenters. The number of ether oxygens (including phenoxy) is 1. The van der Waals surface area contributed by atoms with Crippen molar-refractivity contribution in [1.82, 2.24) is 15.5 Å². The lowest BCUT2D eigenvalue weighted by Crippen LogP contribution is -2.48. The van der Waals surface area contributed by atoms with Gasteiger partial charge in [-0.15, -0.1) is 24.0 Å². The van der Waals surface area contributed by atoms with Gasteiger partial charge in [-0.1, -0.05) is 26.0 Å². The summed E-state index contributed by atoms with van der Waals surface area (Å²) < 4.78 is 5.48. The van der Waals surface area contributed by atoms with E-state index in [2.05, 4.69) is 59.5 Å². The molecule has 1 aromatic rings. The van der Waals surface area contributed by atoms with E-state index in [1.54, 1.807) is 7.11 Å². The first-order valence-corrected chi connectivity index (χ1v) is 9.37. The molecule has 0 aliphatic carbocycles. The second-order valence-electron chi connectivity index (χ2n) is 7.18. The van der Waals surface area contributed by atoms with Crippen LogP contribution in [0.25, 0.3) is 0 Å². The lowest BCUT2D eigenvalue weighted by Gasteiger charge is -2.31. The highest BCUT2D eigenvalue weighted by Gasteiger charge is 2.24. The molecular formula is C20H35IN4O. The fourth-order valence-electron chi connectivity index (χ4n) is 3.46. The normalized spacial score (nSPS) is 16.3. The maximum Gasteiger partial charge on any atom is 0.191 e. The van der Waals surface area contributed by atoms with E-state index in [9.17, 15) is 0 Å². The largest absolute Gasteiger partial charge is 0.496 e. The minimum absolute atomic E-state index is 0. The van der Waals surface area contributed by atoms with Gasteiger partial charge in [-0.3, -0.25) is 9.89 Å². The van der Waals surface area contributed by atoms with Crippen LogP contribution in [0.1, 0.15) is 37.8 Å². The summed E-state index contributed by atoms with van der Waals surface area (Å²) in [5, 5.41) is 6.91. The molecule has 0 radical (unpaired) electrons. The number of aliphatic imine (C=N–C) groups is 1. The average Bonchev–Trinajstić information content (AvgIpc) is 3.12. The molecule has 1 aromatic carbocycles. The minimum Gasteiger partial charge on any atom is -0.496 e. The molecule has 2 rings (SSSR count). The molecule has 1 heterocycles. The number of methoxy groups -OCH3 is 1. The molecule has 0 amide bonds. The molecule has 0 bridgehead atoms. The van der Waals surface area contributed by atoms with E-state index in [4.69, 9.17) is 4.74 Å². The number of hydrogen-bond donors (Lipinski definition) is 2. The molecule has 5 nitrogen and oxygen atoms in total. The summed E-state index contributed by atoms with van der Waals surface area (Å²) in [5.41, 5.74) is 2.34. The van der Waals surface area contributed by atoms with E-state index < -0.39 is 0 Å². The Hall–Kier alpha value is -1.02. The zero-order valence-corrected chi connectivity index (χ0v) is 19.2. The van der Waals surface area contributed by atoms with Gasteiger partial charge in [-0.2, -0.15) is 0 Å². The Kier molecular flexibility index (Phi) is 10.3. The molecule has 1 fully saturated rings. The monoisotopic (exact) mass is 474 g/mol. The maximum atomic E-state index is 5.48. The number of likely N-dealkylation sites (tertiary alicyclic amines) is 1. The molecule has 1 saturated heterocycles. The highest BCUT2D eigenvalue weighted by atomic mass is 127.